The molecule has 2 rings (SSSR count). The molecule has 3 heteroatoms. The van der Waals surface area contributed by atoms with Gasteiger partial charge in [0.15, 0.2) is 5.78 Å². The van der Waals surface area contributed by atoms with Crippen LogP contribution in [0.2, 0.25) is 0 Å². The molecular weight excluding hydrogens is 266 g/mol. The second-order valence-corrected chi connectivity index (χ2v) is 7.44. The third-order valence-electron chi connectivity index (χ3n) is 4.01. The Labute approximate surface area is 127 Å². The maximum Gasteiger partial charge on any atom is 0.174 e. The molecule has 0 radical (unpaired) electrons. The number of aryl methyl sites for hydroxylation is 1. The van der Waals surface area contributed by atoms with Crippen molar-refractivity contribution in [1.29, 1.82) is 0 Å². The molecule has 1 aliphatic heterocycles. The van der Waals surface area contributed by atoms with Crippen LogP contribution in [0.1, 0.15) is 60.5 Å². The fraction of sp³-hybridized carbons (Fsp3) is 0.706. The van der Waals surface area contributed by atoms with E-state index >= 15 is 0 Å². The number of likely N-dealkylation sites (tertiary alicyclic amines) is 1. The molecule has 0 atom stereocenters. The zero-order valence-corrected chi connectivity index (χ0v) is 13.7. The van der Waals surface area contributed by atoms with Gasteiger partial charge in [-0.2, -0.15) is 0 Å². The van der Waals surface area contributed by atoms with E-state index in [1.807, 2.05) is 6.07 Å². The fourth-order valence-electron chi connectivity index (χ4n) is 2.66. The number of hydrogen-bond donors (Lipinski definition) is 0. The number of thiophene rings is 1. The van der Waals surface area contributed by atoms with Crippen LogP contribution in [0.3, 0.4) is 0 Å². The van der Waals surface area contributed by atoms with Gasteiger partial charge >= 0.3 is 0 Å². The van der Waals surface area contributed by atoms with Crippen molar-refractivity contribution in [2.75, 3.05) is 19.6 Å². The lowest BCUT2D eigenvalue weighted by molar-refractivity contribution is 0.0962. The zero-order chi connectivity index (χ0) is 14.4. The van der Waals surface area contributed by atoms with Crippen molar-refractivity contribution in [3.8, 4) is 0 Å². The lowest BCUT2D eigenvalue weighted by atomic mass is 10.1. The molecule has 1 aliphatic rings. The predicted octanol–water partition coefficient (Wildman–Crippen LogP) is 4.40. The quantitative estimate of drug-likeness (QED) is 0.695. The van der Waals surface area contributed by atoms with Gasteiger partial charge in [0, 0.05) is 17.8 Å². The molecule has 2 heterocycles. The summed E-state index contributed by atoms with van der Waals surface area (Å²) in [5, 5.41) is 0. The Hall–Kier alpha value is -0.670. The number of rotatable bonds is 7. The third kappa shape index (κ3) is 5.02. The normalized spacial score (nSPS) is 16.8. The van der Waals surface area contributed by atoms with Crippen molar-refractivity contribution in [2.24, 2.45) is 5.92 Å². The summed E-state index contributed by atoms with van der Waals surface area (Å²) >= 11 is 1.70. The van der Waals surface area contributed by atoms with Gasteiger partial charge in [-0.25, -0.2) is 0 Å². The third-order valence-corrected chi connectivity index (χ3v) is 5.19. The number of Topliss-reactive ketones (excluding diaryl/α,β-unsaturated/α-hetero) is 1. The molecular formula is C17H27NOS. The summed E-state index contributed by atoms with van der Waals surface area (Å²) in [5.74, 6) is 1.06. The number of carbonyl (C=O) groups is 1. The van der Waals surface area contributed by atoms with Gasteiger partial charge in [-0.15, -0.1) is 11.3 Å². The van der Waals surface area contributed by atoms with E-state index in [-0.39, 0.29) is 0 Å². The summed E-state index contributed by atoms with van der Waals surface area (Å²) in [4.78, 5) is 17.0. The predicted molar refractivity (Wildman–Crippen MR) is 86.7 cm³/mol. The van der Waals surface area contributed by atoms with Crippen LogP contribution in [0.25, 0.3) is 0 Å². The summed E-state index contributed by atoms with van der Waals surface area (Å²) < 4.78 is 0. The summed E-state index contributed by atoms with van der Waals surface area (Å²) in [6, 6.07) is 4.17. The Balaban J connectivity index is 1.77. The van der Waals surface area contributed by atoms with Crippen LogP contribution in [0.4, 0.5) is 0 Å². The number of ketones is 1. The van der Waals surface area contributed by atoms with Crippen molar-refractivity contribution in [3.63, 3.8) is 0 Å². The molecule has 1 aromatic heterocycles. The highest BCUT2D eigenvalue weighted by Gasteiger charge is 2.14. The molecule has 1 aromatic rings. The van der Waals surface area contributed by atoms with E-state index in [0.29, 0.717) is 12.2 Å². The molecule has 0 saturated carbocycles. The number of hydrogen-bond acceptors (Lipinski definition) is 3. The molecule has 0 unspecified atom stereocenters. The number of nitrogens with zero attached hydrogens (tertiary/aromatic N) is 1. The summed E-state index contributed by atoms with van der Waals surface area (Å²) in [6.07, 6.45) is 6.96. The van der Waals surface area contributed by atoms with Gasteiger partial charge in [0.05, 0.1) is 4.88 Å². The highest BCUT2D eigenvalue weighted by atomic mass is 32.1. The van der Waals surface area contributed by atoms with E-state index < -0.39 is 0 Å². The van der Waals surface area contributed by atoms with Crippen LogP contribution in [0.15, 0.2) is 12.1 Å². The van der Waals surface area contributed by atoms with Crippen LogP contribution in [0, 0.1) is 5.92 Å². The number of carbonyl (C=O) groups excluding carboxylic acids is 1. The highest BCUT2D eigenvalue weighted by Crippen LogP contribution is 2.21. The summed E-state index contributed by atoms with van der Waals surface area (Å²) in [7, 11) is 0. The van der Waals surface area contributed by atoms with Crippen molar-refractivity contribution in [3.05, 3.63) is 21.9 Å². The molecule has 0 N–H and O–H groups in total. The van der Waals surface area contributed by atoms with E-state index in [9.17, 15) is 4.79 Å². The number of piperidine rings is 1. The largest absolute Gasteiger partial charge is 0.303 e. The summed E-state index contributed by atoms with van der Waals surface area (Å²) in [6.45, 7) is 7.79. The van der Waals surface area contributed by atoms with Crippen LogP contribution in [0.5, 0.6) is 0 Å². The smallest absolute Gasteiger partial charge is 0.174 e. The molecule has 0 amide bonds. The monoisotopic (exact) mass is 293 g/mol. The van der Waals surface area contributed by atoms with Crippen molar-refractivity contribution >= 4 is 17.1 Å². The van der Waals surface area contributed by atoms with E-state index in [4.69, 9.17) is 0 Å². The lowest BCUT2D eigenvalue weighted by Crippen LogP contribution is -2.31. The molecule has 20 heavy (non-hydrogen) atoms. The molecule has 112 valence electrons. The first kappa shape index (κ1) is 15.7. The fourth-order valence-corrected chi connectivity index (χ4v) is 3.65. The minimum atomic E-state index is 0.330. The van der Waals surface area contributed by atoms with Gasteiger partial charge in [0.1, 0.15) is 0 Å². The van der Waals surface area contributed by atoms with Crippen LogP contribution >= 0.6 is 11.3 Å². The Morgan fingerprint density at radius 2 is 2.00 bits per heavy atom. The van der Waals surface area contributed by atoms with E-state index in [2.05, 4.69) is 24.8 Å². The zero-order valence-electron chi connectivity index (χ0n) is 12.9. The lowest BCUT2D eigenvalue weighted by Gasteiger charge is -2.25. The first-order valence-electron chi connectivity index (χ1n) is 7.99. The maximum atomic E-state index is 12.2. The van der Waals surface area contributed by atoms with Gasteiger partial charge in [0.2, 0.25) is 0 Å². The van der Waals surface area contributed by atoms with E-state index in [1.165, 1.54) is 43.6 Å². The van der Waals surface area contributed by atoms with Crippen molar-refractivity contribution < 1.29 is 4.79 Å². The van der Waals surface area contributed by atoms with Crippen molar-refractivity contribution in [1.82, 2.24) is 4.90 Å². The topological polar surface area (TPSA) is 20.3 Å². The minimum Gasteiger partial charge on any atom is -0.303 e. The second kappa shape index (κ2) is 7.94. The molecule has 1 fully saturated rings. The van der Waals surface area contributed by atoms with Crippen molar-refractivity contribution in [2.45, 2.75) is 52.4 Å². The molecule has 0 bridgehead atoms. The van der Waals surface area contributed by atoms with Crippen LogP contribution in [-0.2, 0) is 6.42 Å². The molecule has 0 spiro atoms. The van der Waals surface area contributed by atoms with Crippen LogP contribution < -0.4 is 0 Å². The average molecular weight is 293 g/mol. The summed E-state index contributed by atoms with van der Waals surface area (Å²) in [5.41, 5.74) is 0. The maximum absolute atomic E-state index is 12.2. The molecule has 0 aromatic carbocycles. The Bertz CT molecular complexity index is 418. The van der Waals surface area contributed by atoms with Gasteiger partial charge in [0.25, 0.3) is 0 Å². The SMILES string of the molecule is CC(C)CCc1ccc(C(=O)CCN2CCCCC2)s1. The first-order valence-corrected chi connectivity index (χ1v) is 8.81. The minimum absolute atomic E-state index is 0.330. The standard InChI is InChI=1S/C17H27NOS/c1-14(2)6-7-15-8-9-17(20-15)16(19)10-13-18-11-4-3-5-12-18/h8-9,14H,3-7,10-13H2,1-2H3. The first-order chi connectivity index (χ1) is 9.65. The Kier molecular flexibility index (Phi) is 6.24. The van der Waals surface area contributed by atoms with E-state index in [0.717, 1.165) is 23.8 Å². The highest BCUT2D eigenvalue weighted by molar-refractivity contribution is 7.14. The second-order valence-electron chi connectivity index (χ2n) is 6.27. The molecule has 1 saturated heterocycles. The van der Waals surface area contributed by atoms with E-state index in [1.54, 1.807) is 11.3 Å². The molecule has 2 nitrogen and oxygen atoms in total. The van der Waals surface area contributed by atoms with Gasteiger partial charge in [-0.3, -0.25) is 4.79 Å². The Morgan fingerprint density at radius 1 is 1.25 bits per heavy atom. The molecule has 0 aliphatic carbocycles. The van der Waals surface area contributed by atoms with Gasteiger partial charge < -0.3 is 4.90 Å². The van der Waals surface area contributed by atoms with Crippen LogP contribution in [-0.4, -0.2) is 30.3 Å². The van der Waals surface area contributed by atoms with Gasteiger partial charge in [-0.1, -0.05) is 20.3 Å². The average Bonchev–Trinajstić information content (AvgIpc) is 2.92. The van der Waals surface area contributed by atoms with Gasteiger partial charge in [-0.05, 0) is 56.8 Å². The Morgan fingerprint density at radius 3 is 2.70 bits per heavy atom.